The fourth-order valence-corrected chi connectivity index (χ4v) is 3.09. The highest BCUT2D eigenvalue weighted by molar-refractivity contribution is 6.05. The average Bonchev–Trinajstić information content (AvgIpc) is 2.65. The van der Waals surface area contributed by atoms with Crippen LogP contribution in [0.4, 0.5) is 0 Å². The molecular formula is C20H17N2O3+. The Bertz CT molecular complexity index is 1100. The fourth-order valence-electron chi connectivity index (χ4n) is 3.09. The molecule has 0 radical (unpaired) electrons. The summed E-state index contributed by atoms with van der Waals surface area (Å²) in [4.78, 5) is 16.3. The zero-order valence-corrected chi connectivity index (χ0v) is 13.5. The summed E-state index contributed by atoms with van der Waals surface area (Å²) in [6, 6.07) is 14.7. The van der Waals surface area contributed by atoms with Crippen LogP contribution in [0.5, 0.6) is 5.75 Å². The second-order valence-electron chi connectivity index (χ2n) is 5.93. The first-order valence-corrected chi connectivity index (χ1v) is 8.11. The maximum absolute atomic E-state index is 12.3. The van der Waals surface area contributed by atoms with E-state index < -0.39 is 0 Å². The highest BCUT2D eigenvalue weighted by Crippen LogP contribution is 2.30. The highest BCUT2D eigenvalue weighted by Gasteiger charge is 2.15. The van der Waals surface area contributed by atoms with Crippen LogP contribution in [-0.2, 0) is 13.1 Å². The second kappa shape index (κ2) is 6.37. The van der Waals surface area contributed by atoms with Crippen LogP contribution < -0.4 is 10.9 Å². The lowest BCUT2D eigenvalue weighted by molar-refractivity contribution is -0.686. The molecule has 25 heavy (non-hydrogen) atoms. The van der Waals surface area contributed by atoms with Gasteiger partial charge in [-0.15, -0.1) is 0 Å². The summed E-state index contributed by atoms with van der Waals surface area (Å²) in [6.45, 7) is 1.25. The SMILES string of the molecule is O=c1oc2c(C[NH2+]Cc3ccncc3)c(O)ccc2c2ccccc12. The zero-order chi connectivity index (χ0) is 17.2. The monoisotopic (exact) mass is 333 g/mol. The molecule has 5 heteroatoms. The Morgan fingerprint density at radius 3 is 2.48 bits per heavy atom. The first-order chi connectivity index (χ1) is 12.2. The molecule has 0 amide bonds. The van der Waals surface area contributed by atoms with Crippen LogP contribution >= 0.6 is 0 Å². The molecule has 0 bridgehead atoms. The largest absolute Gasteiger partial charge is 0.507 e. The number of rotatable bonds is 4. The molecule has 4 rings (SSSR count). The van der Waals surface area contributed by atoms with Crippen LogP contribution in [0, 0.1) is 0 Å². The summed E-state index contributed by atoms with van der Waals surface area (Å²) in [5.41, 5.74) is 1.84. The van der Waals surface area contributed by atoms with Gasteiger partial charge in [-0.25, -0.2) is 4.79 Å². The summed E-state index contributed by atoms with van der Waals surface area (Å²) in [6.07, 6.45) is 3.51. The van der Waals surface area contributed by atoms with Gasteiger partial charge in [0, 0.05) is 23.3 Å². The maximum atomic E-state index is 12.3. The van der Waals surface area contributed by atoms with Crippen molar-refractivity contribution in [2.75, 3.05) is 0 Å². The number of quaternary nitrogens is 1. The van der Waals surface area contributed by atoms with Gasteiger partial charge in [-0.1, -0.05) is 18.2 Å². The second-order valence-corrected chi connectivity index (χ2v) is 5.93. The van der Waals surface area contributed by atoms with Gasteiger partial charge in [0.05, 0.1) is 10.9 Å². The number of phenolic OH excluding ortho intramolecular Hbond substituents is 1. The van der Waals surface area contributed by atoms with Gasteiger partial charge in [-0.05, 0) is 35.7 Å². The van der Waals surface area contributed by atoms with E-state index in [1.54, 1.807) is 30.6 Å². The van der Waals surface area contributed by atoms with Crippen molar-refractivity contribution in [1.82, 2.24) is 4.98 Å². The Kier molecular flexibility index (Phi) is 3.91. The van der Waals surface area contributed by atoms with Crippen LogP contribution in [0.2, 0.25) is 0 Å². The molecule has 2 heterocycles. The van der Waals surface area contributed by atoms with E-state index in [-0.39, 0.29) is 11.4 Å². The van der Waals surface area contributed by atoms with Gasteiger partial charge in [0.1, 0.15) is 18.8 Å². The van der Waals surface area contributed by atoms with Crippen molar-refractivity contribution < 1.29 is 14.8 Å². The third kappa shape index (κ3) is 2.86. The van der Waals surface area contributed by atoms with Crippen molar-refractivity contribution in [1.29, 1.82) is 0 Å². The number of phenols is 1. The quantitative estimate of drug-likeness (QED) is 0.444. The van der Waals surface area contributed by atoms with Gasteiger partial charge < -0.3 is 14.8 Å². The minimum atomic E-state index is -0.385. The summed E-state index contributed by atoms with van der Waals surface area (Å²) < 4.78 is 5.54. The number of hydrogen-bond acceptors (Lipinski definition) is 4. The third-order valence-electron chi connectivity index (χ3n) is 4.35. The average molecular weight is 333 g/mol. The van der Waals surface area contributed by atoms with Gasteiger partial charge in [0.25, 0.3) is 0 Å². The number of nitrogens with zero attached hydrogens (tertiary/aromatic N) is 1. The lowest BCUT2D eigenvalue weighted by atomic mass is 10.0. The van der Waals surface area contributed by atoms with Crippen LogP contribution in [0.1, 0.15) is 11.1 Å². The Labute approximate surface area is 143 Å². The summed E-state index contributed by atoms with van der Waals surface area (Å²) in [5, 5.41) is 14.6. The topological polar surface area (TPSA) is 79.9 Å². The van der Waals surface area contributed by atoms with Crippen LogP contribution in [0.15, 0.2) is 70.1 Å². The van der Waals surface area contributed by atoms with E-state index >= 15 is 0 Å². The van der Waals surface area contributed by atoms with Crippen molar-refractivity contribution in [2.24, 2.45) is 0 Å². The van der Waals surface area contributed by atoms with Gasteiger partial charge in [0.2, 0.25) is 0 Å². The number of aromatic hydroxyl groups is 1. The molecular weight excluding hydrogens is 316 g/mol. The van der Waals surface area contributed by atoms with E-state index in [0.29, 0.717) is 23.1 Å². The molecule has 0 atom stereocenters. The number of pyridine rings is 1. The number of fused-ring (bicyclic) bond motifs is 3. The van der Waals surface area contributed by atoms with Crippen molar-refractivity contribution in [3.05, 3.63) is 82.5 Å². The van der Waals surface area contributed by atoms with Crippen molar-refractivity contribution in [3.63, 3.8) is 0 Å². The zero-order valence-electron chi connectivity index (χ0n) is 13.5. The number of aromatic nitrogens is 1. The molecule has 2 aromatic carbocycles. The molecule has 0 aliphatic heterocycles. The molecule has 0 fully saturated rings. The first kappa shape index (κ1) is 15.4. The number of nitrogens with two attached hydrogens (primary N) is 1. The minimum absolute atomic E-state index is 0.136. The number of hydrogen-bond donors (Lipinski definition) is 2. The Balaban J connectivity index is 1.75. The highest BCUT2D eigenvalue weighted by atomic mass is 16.4. The Hall–Kier alpha value is -3.18. The van der Waals surface area contributed by atoms with Crippen molar-refractivity contribution in [3.8, 4) is 5.75 Å². The Morgan fingerprint density at radius 1 is 0.920 bits per heavy atom. The molecule has 0 unspecified atom stereocenters. The molecule has 5 nitrogen and oxygen atoms in total. The van der Waals surface area contributed by atoms with Crippen LogP contribution in [0.25, 0.3) is 21.7 Å². The molecule has 0 aliphatic rings. The van der Waals surface area contributed by atoms with Crippen LogP contribution in [0.3, 0.4) is 0 Å². The summed E-state index contributed by atoms with van der Waals surface area (Å²) in [5.74, 6) is 0.136. The smallest absolute Gasteiger partial charge is 0.344 e. The molecule has 4 aromatic rings. The molecule has 0 saturated heterocycles. The van der Waals surface area contributed by atoms with Crippen molar-refractivity contribution in [2.45, 2.75) is 13.1 Å². The normalized spacial score (nSPS) is 11.2. The van der Waals surface area contributed by atoms with E-state index in [9.17, 15) is 9.90 Å². The number of benzene rings is 2. The standard InChI is InChI=1S/C20H16N2O3/c23-18-6-5-15-14-3-1-2-4-16(14)20(24)25-19(15)17(18)12-22-11-13-7-9-21-10-8-13/h1-10,22-23H,11-12H2/p+1. The van der Waals surface area contributed by atoms with Gasteiger partial charge in [-0.3, -0.25) is 4.98 Å². The molecule has 2 aromatic heterocycles. The lowest BCUT2D eigenvalue weighted by Gasteiger charge is -2.09. The van der Waals surface area contributed by atoms with Crippen molar-refractivity contribution >= 4 is 21.7 Å². The van der Waals surface area contributed by atoms with E-state index in [1.807, 2.05) is 30.3 Å². The summed E-state index contributed by atoms with van der Waals surface area (Å²) >= 11 is 0. The van der Waals surface area contributed by atoms with Gasteiger partial charge in [-0.2, -0.15) is 0 Å². The molecule has 3 N–H and O–H groups in total. The van der Waals surface area contributed by atoms with Gasteiger partial charge in [0.15, 0.2) is 5.58 Å². The minimum Gasteiger partial charge on any atom is -0.507 e. The van der Waals surface area contributed by atoms with Gasteiger partial charge >= 0.3 is 5.63 Å². The van der Waals surface area contributed by atoms with E-state index in [1.165, 1.54) is 0 Å². The predicted molar refractivity (Wildman–Crippen MR) is 95.2 cm³/mol. The molecule has 0 spiro atoms. The van der Waals surface area contributed by atoms with E-state index in [2.05, 4.69) is 10.3 Å². The lowest BCUT2D eigenvalue weighted by Crippen LogP contribution is -2.80. The molecule has 0 aliphatic carbocycles. The maximum Gasteiger partial charge on any atom is 0.344 e. The predicted octanol–water partition coefficient (Wildman–Crippen LogP) is 2.31. The third-order valence-corrected chi connectivity index (χ3v) is 4.35. The van der Waals surface area contributed by atoms with E-state index in [0.717, 1.165) is 22.9 Å². The fraction of sp³-hybridized carbons (Fsp3) is 0.100. The molecule has 124 valence electrons. The van der Waals surface area contributed by atoms with Crippen LogP contribution in [-0.4, -0.2) is 10.1 Å². The summed E-state index contributed by atoms with van der Waals surface area (Å²) in [7, 11) is 0. The first-order valence-electron chi connectivity index (χ1n) is 8.11. The Morgan fingerprint density at radius 2 is 1.68 bits per heavy atom. The molecule has 0 saturated carbocycles. The van der Waals surface area contributed by atoms with E-state index in [4.69, 9.17) is 4.42 Å².